The van der Waals surface area contributed by atoms with E-state index in [4.69, 9.17) is 4.74 Å². The largest absolute Gasteiger partial charge is 0.497 e. The fraction of sp³-hybridized carbons (Fsp3) is 0.294. The predicted molar refractivity (Wildman–Crippen MR) is 82.5 cm³/mol. The maximum absolute atomic E-state index is 11.8. The molecule has 0 aliphatic rings. The van der Waals surface area contributed by atoms with Crippen molar-refractivity contribution in [2.24, 2.45) is 0 Å². The summed E-state index contributed by atoms with van der Waals surface area (Å²) in [5.41, 5.74) is 1.94. The van der Waals surface area contributed by atoms with Gasteiger partial charge in [0.1, 0.15) is 5.75 Å². The second kappa shape index (κ2) is 8.04. The van der Waals surface area contributed by atoms with Crippen molar-refractivity contribution in [3.63, 3.8) is 0 Å². The minimum Gasteiger partial charge on any atom is -0.497 e. The highest BCUT2D eigenvalue weighted by atomic mass is 16.5. The number of amides is 1. The number of methoxy groups -OCH3 is 1. The maximum Gasteiger partial charge on any atom is 0.251 e. The van der Waals surface area contributed by atoms with Gasteiger partial charge in [-0.1, -0.05) is 12.1 Å². The minimum atomic E-state index is -0.0400. The van der Waals surface area contributed by atoms with Gasteiger partial charge in [0.15, 0.2) is 0 Å². The van der Waals surface area contributed by atoms with Crippen LogP contribution in [0.3, 0.4) is 0 Å². The number of unbranched alkanes of at least 4 members (excludes halogenated alkanes) is 1. The van der Waals surface area contributed by atoms with Crippen LogP contribution >= 0.6 is 0 Å². The van der Waals surface area contributed by atoms with E-state index in [2.05, 4.69) is 22.4 Å². The summed E-state index contributed by atoms with van der Waals surface area (Å²) in [5, 5.41) is 2.92. The highest BCUT2D eigenvalue weighted by molar-refractivity contribution is 5.93. The van der Waals surface area contributed by atoms with Crippen molar-refractivity contribution in [3.8, 4) is 5.75 Å². The van der Waals surface area contributed by atoms with Crippen LogP contribution in [-0.2, 0) is 6.42 Å². The van der Waals surface area contributed by atoms with Gasteiger partial charge in [-0.15, -0.1) is 0 Å². The first-order valence-corrected chi connectivity index (χ1v) is 7.11. The Balaban J connectivity index is 1.64. The number of pyridine rings is 1. The van der Waals surface area contributed by atoms with Gasteiger partial charge in [0, 0.05) is 24.5 Å². The third kappa shape index (κ3) is 4.91. The van der Waals surface area contributed by atoms with Gasteiger partial charge in [-0.3, -0.25) is 9.78 Å². The van der Waals surface area contributed by atoms with Crippen LogP contribution in [-0.4, -0.2) is 24.5 Å². The molecule has 1 aromatic carbocycles. The number of carbonyl (C=O) groups is 1. The van der Waals surface area contributed by atoms with Gasteiger partial charge in [0.05, 0.1) is 7.11 Å². The van der Waals surface area contributed by atoms with Gasteiger partial charge >= 0.3 is 0 Å². The lowest BCUT2D eigenvalue weighted by molar-refractivity contribution is 0.0953. The highest BCUT2D eigenvalue weighted by Gasteiger charge is 2.03. The normalized spacial score (nSPS) is 10.1. The second-order valence-corrected chi connectivity index (χ2v) is 4.80. The van der Waals surface area contributed by atoms with Gasteiger partial charge in [-0.2, -0.15) is 0 Å². The van der Waals surface area contributed by atoms with Crippen LogP contribution < -0.4 is 10.1 Å². The summed E-state index contributed by atoms with van der Waals surface area (Å²) in [4.78, 5) is 15.7. The summed E-state index contributed by atoms with van der Waals surface area (Å²) in [7, 11) is 1.67. The summed E-state index contributed by atoms with van der Waals surface area (Å²) < 4.78 is 5.13. The Morgan fingerprint density at radius 2 is 1.81 bits per heavy atom. The van der Waals surface area contributed by atoms with Crippen LogP contribution in [0.25, 0.3) is 0 Å². The molecule has 2 rings (SSSR count). The SMILES string of the molecule is COc1ccc(CCCCNC(=O)c2ccncc2)cc1. The van der Waals surface area contributed by atoms with Gasteiger partial charge in [0.25, 0.3) is 5.91 Å². The van der Waals surface area contributed by atoms with Crippen LogP contribution in [0.5, 0.6) is 5.75 Å². The van der Waals surface area contributed by atoms with Crippen LogP contribution in [0, 0.1) is 0 Å². The fourth-order valence-corrected chi connectivity index (χ4v) is 2.05. The van der Waals surface area contributed by atoms with Crippen LogP contribution in [0.4, 0.5) is 0 Å². The van der Waals surface area contributed by atoms with Crippen molar-refractivity contribution in [3.05, 3.63) is 59.9 Å². The van der Waals surface area contributed by atoms with Crippen LogP contribution in [0.2, 0.25) is 0 Å². The lowest BCUT2D eigenvalue weighted by Crippen LogP contribution is -2.24. The number of rotatable bonds is 7. The smallest absolute Gasteiger partial charge is 0.251 e. The molecule has 4 heteroatoms. The zero-order valence-electron chi connectivity index (χ0n) is 12.2. The summed E-state index contributed by atoms with van der Waals surface area (Å²) in [6.45, 7) is 0.692. The molecule has 0 saturated carbocycles. The topological polar surface area (TPSA) is 51.2 Å². The third-order valence-corrected chi connectivity index (χ3v) is 3.28. The van der Waals surface area contributed by atoms with E-state index in [1.165, 1.54) is 5.56 Å². The van der Waals surface area contributed by atoms with E-state index >= 15 is 0 Å². The first kappa shape index (κ1) is 15.0. The molecule has 2 aromatic rings. The zero-order valence-corrected chi connectivity index (χ0v) is 12.2. The zero-order chi connectivity index (χ0) is 14.9. The lowest BCUT2D eigenvalue weighted by Gasteiger charge is -2.06. The average molecular weight is 284 g/mol. The quantitative estimate of drug-likeness (QED) is 0.795. The van der Waals surface area contributed by atoms with E-state index in [0.717, 1.165) is 25.0 Å². The summed E-state index contributed by atoms with van der Waals surface area (Å²) in [5.74, 6) is 0.838. The van der Waals surface area contributed by atoms with Crippen molar-refractivity contribution >= 4 is 5.91 Å². The molecule has 0 aliphatic heterocycles. The van der Waals surface area contributed by atoms with E-state index in [-0.39, 0.29) is 5.91 Å². The molecule has 0 radical (unpaired) electrons. The maximum atomic E-state index is 11.8. The first-order chi connectivity index (χ1) is 10.3. The monoisotopic (exact) mass is 284 g/mol. The van der Waals surface area contributed by atoms with Crippen LogP contribution in [0.15, 0.2) is 48.8 Å². The minimum absolute atomic E-state index is 0.0400. The van der Waals surface area contributed by atoms with E-state index in [9.17, 15) is 4.79 Å². The van der Waals surface area contributed by atoms with Gasteiger partial charge in [0.2, 0.25) is 0 Å². The molecule has 0 aliphatic carbocycles. The Labute approximate surface area is 125 Å². The Hall–Kier alpha value is -2.36. The van der Waals surface area contributed by atoms with Crippen molar-refractivity contribution in [2.45, 2.75) is 19.3 Å². The molecule has 1 aromatic heterocycles. The molecule has 0 atom stereocenters. The van der Waals surface area contributed by atoms with E-state index in [1.807, 2.05) is 12.1 Å². The molecule has 0 saturated heterocycles. The number of nitrogens with one attached hydrogen (secondary N) is 1. The van der Waals surface area contributed by atoms with Crippen molar-refractivity contribution in [2.75, 3.05) is 13.7 Å². The molecule has 0 bridgehead atoms. The molecule has 1 amide bonds. The van der Waals surface area contributed by atoms with Gasteiger partial charge < -0.3 is 10.1 Å². The lowest BCUT2D eigenvalue weighted by atomic mass is 10.1. The third-order valence-electron chi connectivity index (χ3n) is 3.28. The molecule has 4 nitrogen and oxygen atoms in total. The number of ether oxygens (including phenoxy) is 1. The number of hydrogen-bond acceptors (Lipinski definition) is 3. The summed E-state index contributed by atoms with van der Waals surface area (Å²) in [6, 6.07) is 11.5. The molecular weight excluding hydrogens is 264 g/mol. The number of benzene rings is 1. The average Bonchev–Trinajstić information content (AvgIpc) is 2.55. The number of nitrogens with zero attached hydrogens (tertiary/aromatic N) is 1. The summed E-state index contributed by atoms with van der Waals surface area (Å²) in [6.07, 6.45) is 6.26. The molecular formula is C17H20N2O2. The molecule has 1 N–H and O–H groups in total. The summed E-state index contributed by atoms with van der Waals surface area (Å²) >= 11 is 0. The molecule has 110 valence electrons. The number of carbonyl (C=O) groups excluding carboxylic acids is 1. The van der Waals surface area contributed by atoms with Crippen LogP contribution in [0.1, 0.15) is 28.8 Å². The van der Waals surface area contributed by atoms with Crippen molar-refractivity contribution < 1.29 is 9.53 Å². The Bertz CT molecular complexity index is 553. The predicted octanol–water partition coefficient (Wildman–Crippen LogP) is 2.84. The van der Waals surface area contributed by atoms with Gasteiger partial charge in [-0.05, 0) is 49.1 Å². The van der Waals surface area contributed by atoms with Crippen molar-refractivity contribution in [1.29, 1.82) is 0 Å². The number of aryl methyl sites for hydroxylation is 1. The van der Waals surface area contributed by atoms with E-state index in [1.54, 1.807) is 31.6 Å². The van der Waals surface area contributed by atoms with E-state index < -0.39 is 0 Å². The number of hydrogen-bond donors (Lipinski definition) is 1. The standard InChI is InChI=1S/C17H20N2O2/c1-21-16-7-5-14(6-8-16)4-2-3-11-19-17(20)15-9-12-18-13-10-15/h5-10,12-13H,2-4,11H2,1H3,(H,19,20). The Morgan fingerprint density at radius 1 is 1.10 bits per heavy atom. The molecule has 0 fully saturated rings. The molecule has 0 unspecified atom stereocenters. The van der Waals surface area contributed by atoms with E-state index in [0.29, 0.717) is 12.1 Å². The van der Waals surface area contributed by atoms with Crippen molar-refractivity contribution in [1.82, 2.24) is 10.3 Å². The first-order valence-electron chi connectivity index (χ1n) is 7.11. The second-order valence-electron chi connectivity index (χ2n) is 4.80. The molecule has 0 spiro atoms. The number of aromatic nitrogens is 1. The molecule has 21 heavy (non-hydrogen) atoms. The molecule has 1 heterocycles. The Kier molecular flexibility index (Phi) is 5.76. The fourth-order valence-electron chi connectivity index (χ4n) is 2.05. The Morgan fingerprint density at radius 3 is 2.48 bits per heavy atom. The van der Waals surface area contributed by atoms with Gasteiger partial charge in [-0.25, -0.2) is 0 Å². The highest BCUT2D eigenvalue weighted by Crippen LogP contribution is 2.13.